The Labute approximate surface area is 152 Å². The van der Waals surface area contributed by atoms with Crippen LogP contribution in [0.15, 0.2) is 28.3 Å². The molecule has 0 aliphatic rings. The van der Waals surface area contributed by atoms with E-state index in [1.165, 1.54) is 28.7 Å². The number of carbonyl (C=O) groups is 3. The number of amides is 1. The molecule has 7 nitrogen and oxygen atoms in total. The summed E-state index contributed by atoms with van der Waals surface area (Å²) >= 11 is 2.69. The normalized spacial score (nSPS) is 10.6. The fraction of sp³-hybridized carbons (Fsp3) is 0.250. The second-order valence-electron chi connectivity index (χ2n) is 4.67. The molecule has 0 aliphatic heterocycles. The minimum Gasteiger partial charge on any atom is -0.466 e. The number of esters is 2. The van der Waals surface area contributed by atoms with E-state index in [9.17, 15) is 14.4 Å². The first-order valence-electron chi connectivity index (χ1n) is 7.33. The summed E-state index contributed by atoms with van der Waals surface area (Å²) in [7, 11) is 0. The fourth-order valence-corrected chi connectivity index (χ4v) is 3.03. The number of nitrogens with zero attached hydrogens (tertiary/aromatic N) is 1. The molecule has 25 heavy (non-hydrogen) atoms. The Morgan fingerprint density at radius 2 is 2.12 bits per heavy atom. The quantitative estimate of drug-likeness (QED) is 0.559. The summed E-state index contributed by atoms with van der Waals surface area (Å²) in [5, 5.41) is 8.27. The number of hydrogen-bond acceptors (Lipinski definition) is 8. The van der Waals surface area contributed by atoms with Crippen LogP contribution in [0.5, 0.6) is 0 Å². The predicted molar refractivity (Wildman–Crippen MR) is 95.4 cm³/mol. The van der Waals surface area contributed by atoms with Crippen molar-refractivity contribution in [2.75, 3.05) is 18.5 Å². The molecule has 0 atom stereocenters. The molecule has 2 aromatic heterocycles. The molecule has 2 rings (SSSR count). The molecule has 0 radical (unpaired) electrons. The molecular formula is C16H16N2O5S2. The van der Waals surface area contributed by atoms with Crippen LogP contribution in [-0.2, 0) is 30.3 Å². The second-order valence-corrected chi connectivity index (χ2v) is 6.31. The van der Waals surface area contributed by atoms with Crippen molar-refractivity contribution in [1.82, 2.24) is 4.98 Å². The molecule has 0 saturated heterocycles. The van der Waals surface area contributed by atoms with Gasteiger partial charge in [-0.3, -0.25) is 14.9 Å². The Morgan fingerprint density at radius 1 is 1.28 bits per heavy atom. The standard InChI is InChI=1S/C16H16N2O5S2/c1-2-22-15(21)7-12-10-25-16(17-12)18-13(19)8-23-14(20)4-3-11-5-6-24-9-11/h3-6,9-10H,2,7-8H2,1H3,(H,17,18,19)/b4-3+. The minimum absolute atomic E-state index is 0.0442. The number of anilines is 1. The van der Waals surface area contributed by atoms with Crippen LogP contribution < -0.4 is 5.32 Å². The van der Waals surface area contributed by atoms with Gasteiger partial charge in [-0.1, -0.05) is 0 Å². The molecule has 0 saturated carbocycles. The third kappa shape index (κ3) is 6.86. The Hall–Kier alpha value is -2.52. The molecule has 1 amide bonds. The van der Waals surface area contributed by atoms with Crippen LogP contribution in [0, 0.1) is 0 Å². The summed E-state index contributed by atoms with van der Waals surface area (Å²) in [4.78, 5) is 38.7. The monoisotopic (exact) mass is 380 g/mol. The highest BCUT2D eigenvalue weighted by atomic mass is 32.1. The zero-order valence-electron chi connectivity index (χ0n) is 13.4. The topological polar surface area (TPSA) is 94.6 Å². The molecule has 0 bridgehead atoms. The van der Waals surface area contributed by atoms with Crippen molar-refractivity contribution >= 4 is 51.7 Å². The summed E-state index contributed by atoms with van der Waals surface area (Å²) < 4.78 is 9.67. The number of aromatic nitrogens is 1. The highest BCUT2D eigenvalue weighted by Crippen LogP contribution is 2.16. The van der Waals surface area contributed by atoms with Gasteiger partial charge in [0, 0.05) is 11.5 Å². The zero-order chi connectivity index (χ0) is 18.1. The SMILES string of the molecule is CCOC(=O)Cc1csc(NC(=O)COC(=O)/C=C/c2ccsc2)n1. The second kappa shape index (κ2) is 9.70. The van der Waals surface area contributed by atoms with Gasteiger partial charge in [0.1, 0.15) is 0 Å². The van der Waals surface area contributed by atoms with Crippen LogP contribution in [0.25, 0.3) is 6.08 Å². The van der Waals surface area contributed by atoms with E-state index in [1.54, 1.807) is 18.4 Å². The molecule has 2 heterocycles. The highest BCUT2D eigenvalue weighted by Gasteiger charge is 2.11. The number of thiophene rings is 1. The molecule has 0 unspecified atom stereocenters. The molecule has 0 fully saturated rings. The molecule has 0 spiro atoms. The average Bonchev–Trinajstić information content (AvgIpc) is 3.23. The van der Waals surface area contributed by atoms with E-state index in [-0.39, 0.29) is 12.4 Å². The smallest absolute Gasteiger partial charge is 0.331 e. The zero-order valence-corrected chi connectivity index (χ0v) is 15.0. The summed E-state index contributed by atoms with van der Waals surface area (Å²) in [5.74, 6) is -1.49. The number of carbonyl (C=O) groups excluding carboxylic acids is 3. The van der Waals surface area contributed by atoms with Gasteiger partial charge in [0.05, 0.1) is 18.7 Å². The number of thiazole rings is 1. The fourth-order valence-electron chi connectivity index (χ4n) is 1.68. The van der Waals surface area contributed by atoms with Crippen LogP contribution in [0.4, 0.5) is 5.13 Å². The van der Waals surface area contributed by atoms with Gasteiger partial charge in [-0.15, -0.1) is 11.3 Å². The molecule has 132 valence electrons. The van der Waals surface area contributed by atoms with E-state index in [2.05, 4.69) is 10.3 Å². The maximum atomic E-state index is 11.7. The Morgan fingerprint density at radius 3 is 2.84 bits per heavy atom. The number of hydrogen-bond donors (Lipinski definition) is 1. The van der Waals surface area contributed by atoms with Crippen molar-refractivity contribution in [1.29, 1.82) is 0 Å². The van der Waals surface area contributed by atoms with E-state index in [0.29, 0.717) is 17.4 Å². The summed E-state index contributed by atoms with van der Waals surface area (Å²) in [6.07, 6.45) is 2.91. The summed E-state index contributed by atoms with van der Waals surface area (Å²) in [6, 6.07) is 1.86. The van der Waals surface area contributed by atoms with E-state index in [1.807, 2.05) is 16.8 Å². The van der Waals surface area contributed by atoms with Crippen molar-refractivity contribution in [2.24, 2.45) is 0 Å². The molecular weight excluding hydrogens is 364 g/mol. The first-order valence-corrected chi connectivity index (χ1v) is 9.16. The van der Waals surface area contributed by atoms with Crippen LogP contribution in [0.3, 0.4) is 0 Å². The number of ether oxygens (including phenoxy) is 2. The maximum Gasteiger partial charge on any atom is 0.331 e. The lowest BCUT2D eigenvalue weighted by Gasteiger charge is -2.02. The lowest BCUT2D eigenvalue weighted by molar-refractivity contribution is -0.142. The van der Waals surface area contributed by atoms with E-state index in [0.717, 1.165) is 5.56 Å². The summed E-state index contributed by atoms with van der Waals surface area (Å²) in [6.45, 7) is 1.61. The van der Waals surface area contributed by atoms with Gasteiger partial charge in [-0.2, -0.15) is 11.3 Å². The Kier molecular flexibility index (Phi) is 7.30. The van der Waals surface area contributed by atoms with Crippen molar-refractivity contribution in [2.45, 2.75) is 13.3 Å². The van der Waals surface area contributed by atoms with Gasteiger partial charge in [-0.25, -0.2) is 9.78 Å². The lowest BCUT2D eigenvalue weighted by Crippen LogP contribution is -2.20. The lowest BCUT2D eigenvalue weighted by atomic mass is 10.3. The molecule has 1 N–H and O–H groups in total. The highest BCUT2D eigenvalue weighted by molar-refractivity contribution is 7.14. The maximum absolute atomic E-state index is 11.7. The predicted octanol–water partition coefficient (Wildman–Crippen LogP) is 2.51. The Balaban J connectivity index is 1.74. The van der Waals surface area contributed by atoms with Crippen molar-refractivity contribution in [3.05, 3.63) is 39.5 Å². The number of rotatable bonds is 8. The van der Waals surface area contributed by atoms with Gasteiger partial charge >= 0.3 is 11.9 Å². The third-order valence-corrected chi connectivity index (χ3v) is 4.24. The summed E-state index contributed by atoms with van der Waals surface area (Å²) in [5.41, 5.74) is 1.40. The van der Waals surface area contributed by atoms with E-state index in [4.69, 9.17) is 9.47 Å². The van der Waals surface area contributed by atoms with E-state index >= 15 is 0 Å². The van der Waals surface area contributed by atoms with Crippen molar-refractivity contribution in [3.8, 4) is 0 Å². The minimum atomic E-state index is -0.608. The molecule has 0 aromatic carbocycles. The average molecular weight is 380 g/mol. The third-order valence-electron chi connectivity index (χ3n) is 2.73. The van der Waals surface area contributed by atoms with Gasteiger partial charge < -0.3 is 9.47 Å². The molecule has 9 heteroatoms. The van der Waals surface area contributed by atoms with Gasteiger partial charge in [-0.05, 0) is 35.4 Å². The van der Waals surface area contributed by atoms with Gasteiger partial charge in [0.2, 0.25) is 0 Å². The Bertz CT molecular complexity index is 752. The van der Waals surface area contributed by atoms with Crippen molar-refractivity contribution in [3.63, 3.8) is 0 Å². The first-order chi connectivity index (χ1) is 12.1. The van der Waals surface area contributed by atoms with E-state index < -0.39 is 18.5 Å². The van der Waals surface area contributed by atoms with Crippen LogP contribution >= 0.6 is 22.7 Å². The van der Waals surface area contributed by atoms with Gasteiger partial charge in [0.25, 0.3) is 5.91 Å². The first kappa shape index (κ1) is 18.8. The van der Waals surface area contributed by atoms with Crippen LogP contribution in [-0.4, -0.2) is 36.0 Å². The molecule has 2 aromatic rings. The van der Waals surface area contributed by atoms with Crippen LogP contribution in [0.1, 0.15) is 18.2 Å². The van der Waals surface area contributed by atoms with Crippen molar-refractivity contribution < 1.29 is 23.9 Å². The number of nitrogens with one attached hydrogen (secondary N) is 1. The van der Waals surface area contributed by atoms with Gasteiger partial charge in [0.15, 0.2) is 11.7 Å². The van der Waals surface area contributed by atoms with Crippen LogP contribution in [0.2, 0.25) is 0 Å². The largest absolute Gasteiger partial charge is 0.466 e. The molecule has 0 aliphatic carbocycles.